The number of amides is 1. The molecule has 0 saturated carbocycles. The Morgan fingerprint density at radius 3 is 2.78 bits per heavy atom. The number of aryl methyl sites for hydroxylation is 1. The Morgan fingerprint density at radius 2 is 2.11 bits per heavy atom. The Kier molecular flexibility index (Phi) is 4.34. The average molecular weight is 417 g/mol. The van der Waals surface area contributed by atoms with E-state index in [0.29, 0.717) is 11.4 Å². The molecule has 0 atom stereocenters. The molecule has 5 heteroatoms. The van der Waals surface area contributed by atoms with Crippen LogP contribution in [0.1, 0.15) is 15.9 Å². The van der Waals surface area contributed by atoms with Crippen LogP contribution in [0.2, 0.25) is 0 Å². The number of nitrogens with zero attached hydrogens (tertiary/aromatic N) is 1. The van der Waals surface area contributed by atoms with Crippen LogP contribution in [0.15, 0.2) is 41.0 Å². The smallest absolute Gasteiger partial charge is 0.257 e. The fraction of sp³-hybridized carbons (Fsp3) is 0.0769. The number of benzene rings is 1. The van der Waals surface area contributed by atoms with Crippen LogP contribution in [0.4, 0.5) is 5.82 Å². The lowest BCUT2D eigenvalue weighted by atomic mass is 10.2. The van der Waals surface area contributed by atoms with Crippen molar-refractivity contribution in [3.63, 3.8) is 0 Å². The maximum absolute atomic E-state index is 12.1. The van der Waals surface area contributed by atoms with Crippen molar-refractivity contribution in [2.75, 3.05) is 5.32 Å². The predicted molar refractivity (Wildman–Crippen MR) is 83.8 cm³/mol. The molecule has 0 spiro atoms. The summed E-state index contributed by atoms with van der Waals surface area (Å²) in [7, 11) is 0. The average Bonchev–Trinajstić information content (AvgIpc) is 2.35. The van der Waals surface area contributed by atoms with E-state index in [9.17, 15) is 4.79 Å². The summed E-state index contributed by atoms with van der Waals surface area (Å²) in [5.41, 5.74) is 1.69. The van der Waals surface area contributed by atoms with Crippen LogP contribution in [0.25, 0.3) is 0 Å². The third-order valence-electron chi connectivity index (χ3n) is 2.33. The van der Waals surface area contributed by atoms with E-state index < -0.39 is 0 Å². The molecule has 1 aromatic heterocycles. The zero-order valence-electron chi connectivity index (χ0n) is 9.58. The summed E-state index contributed by atoms with van der Waals surface area (Å²) in [6, 6.07) is 9.29. The molecule has 0 saturated heterocycles. The van der Waals surface area contributed by atoms with Crippen LogP contribution >= 0.6 is 38.5 Å². The van der Waals surface area contributed by atoms with E-state index in [1.165, 1.54) is 0 Å². The summed E-state index contributed by atoms with van der Waals surface area (Å²) in [4.78, 5) is 16.2. The molecule has 18 heavy (non-hydrogen) atoms. The molecule has 92 valence electrons. The third kappa shape index (κ3) is 3.29. The highest BCUT2D eigenvalue weighted by molar-refractivity contribution is 14.1. The SMILES string of the molecule is Cc1ccc(NC(=O)c2cc(Br)ccc2I)nc1. The van der Waals surface area contributed by atoms with Gasteiger partial charge in [0.15, 0.2) is 0 Å². The summed E-state index contributed by atoms with van der Waals surface area (Å²) in [6.45, 7) is 1.95. The molecule has 0 unspecified atom stereocenters. The van der Waals surface area contributed by atoms with Gasteiger partial charge in [0.25, 0.3) is 5.91 Å². The van der Waals surface area contributed by atoms with Crippen molar-refractivity contribution in [3.8, 4) is 0 Å². The molecule has 0 fully saturated rings. The molecule has 1 N–H and O–H groups in total. The first kappa shape index (κ1) is 13.5. The van der Waals surface area contributed by atoms with E-state index in [2.05, 4.69) is 48.8 Å². The molecular weight excluding hydrogens is 407 g/mol. The summed E-state index contributed by atoms with van der Waals surface area (Å²) < 4.78 is 1.78. The van der Waals surface area contributed by atoms with Gasteiger partial charge in [-0.15, -0.1) is 0 Å². The zero-order chi connectivity index (χ0) is 13.1. The zero-order valence-corrected chi connectivity index (χ0v) is 13.3. The molecule has 1 heterocycles. The number of anilines is 1. The maximum atomic E-state index is 12.1. The van der Waals surface area contributed by atoms with Gasteiger partial charge in [-0.25, -0.2) is 4.98 Å². The Labute approximate surface area is 127 Å². The number of pyridine rings is 1. The van der Waals surface area contributed by atoms with Gasteiger partial charge in [0.05, 0.1) is 5.56 Å². The van der Waals surface area contributed by atoms with E-state index >= 15 is 0 Å². The van der Waals surface area contributed by atoms with E-state index in [-0.39, 0.29) is 5.91 Å². The van der Waals surface area contributed by atoms with Gasteiger partial charge in [0.1, 0.15) is 5.82 Å². The summed E-state index contributed by atoms with van der Waals surface area (Å²) in [5.74, 6) is 0.401. The first-order chi connectivity index (χ1) is 8.56. The molecule has 1 amide bonds. The Bertz CT molecular complexity index is 584. The number of halogens is 2. The number of hydrogen-bond acceptors (Lipinski definition) is 2. The van der Waals surface area contributed by atoms with Gasteiger partial charge in [-0.3, -0.25) is 4.79 Å². The van der Waals surface area contributed by atoms with Crippen LogP contribution in [0.5, 0.6) is 0 Å². The second kappa shape index (κ2) is 5.79. The third-order valence-corrected chi connectivity index (χ3v) is 3.76. The molecule has 0 aliphatic carbocycles. The molecule has 2 rings (SSSR count). The standard InChI is InChI=1S/C13H10BrIN2O/c1-8-2-5-12(16-7-8)17-13(18)10-6-9(14)3-4-11(10)15/h2-7H,1H3,(H,16,17,18). The number of nitrogens with one attached hydrogen (secondary N) is 1. The van der Waals surface area contributed by atoms with E-state index in [1.807, 2.05) is 25.1 Å². The largest absolute Gasteiger partial charge is 0.307 e. The van der Waals surface area contributed by atoms with Crippen LogP contribution in [-0.4, -0.2) is 10.9 Å². The van der Waals surface area contributed by atoms with E-state index in [4.69, 9.17) is 0 Å². The van der Waals surface area contributed by atoms with Gasteiger partial charge < -0.3 is 5.32 Å². The van der Waals surface area contributed by atoms with Crippen molar-refractivity contribution in [1.82, 2.24) is 4.98 Å². The van der Waals surface area contributed by atoms with Gasteiger partial charge in [0, 0.05) is 14.2 Å². The van der Waals surface area contributed by atoms with Crippen LogP contribution < -0.4 is 5.32 Å². The van der Waals surface area contributed by atoms with Crippen molar-refractivity contribution in [2.24, 2.45) is 0 Å². The minimum atomic E-state index is -0.156. The van der Waals surface area contributed by atoms with Gasteiger partial charge in [-0.2, -0.15) is 0 Å². The fourth-order valence-electron chi connectivity index (χ4n) is 1.40. The van der Waals surface area contributed by atoms with Gasteiger partial charge in [-0.05, 0) is 59.3 Å². The number of carbonyl (C=O) groups is 1. The Balaban J connectivity index is 2.21. The topological polar surface area (TPSA) is 42.0 Å². The summed E-state index contributed by atoms with van der Waals surface area (Å²) in [6.07, 6.45) is 1.72. The highest BCUT2D eigenvalue weighted by Gasteiger charge is 2.11. The molecule has 0 aliphatic rings. The number of hydrogen-bond donors (Lipinski definition) is 1. The molecule has 0 aliphatic heterocycles. The highest BCUT2D eigenvalue weighted by Crippen LogP contribution is 2.19. The molecule has 3 nitrogen and oxygen atoms in total. The van der Waals surface area contributed by atoms with E-state index in [0.717, 1.165) is 13.6 Å². The molecule has 2 aromatic rings. The van der Waals surface area contributed by atoms with Crippen molar-refractivity contribution < 1.29 is 4.79 Å². The molecule has 0 bridgehead atoms. The highest BCUT2D eigenvalue weighted by atomic mass is 127. The fourth-order valence-corrected chi connectivity index (χ4v) is 2.34. The van der Waals surface area contributed by atoms with Gasteiger partial charge >= 0.3 is 0 Å². The lowest BCUT2D eigenvalue weighted by Crippen LogP contribution is -2.14. The molecule has 0 radical (unpaired) electrons. The number of carbonyl (C=O) groups excluding carboxylic acids is 1. The normalized spacial score (nSPS) is 10.2. The minimum Gasteiger partial charge on any atom is -0.307 e. The first-order valence-electron chi connectivity index (χ1n) is 5.25. The molecular formula is C13H10BrIN2O. The summed E-state index contributed by atoms with van der Waals surface area (Å²) >= 11 is 5.50. The van der Waals surface area contributed by atoms with Crippen LogP contribution in [0.3, 0.4) is 0 Å². The lowest BCUT2D eigenvalue weighted by Gasteiger charge is -2.07. The second-order valence-electron chi connectivity index (χ2n) is 3.80. The molecule has 1 aromatic carbocycles. The Morgan fingerprint density at radius 1 is 1.33 bits per heavy atom. The predicted octanol–water partition coefficient (Wildman–Crippen LogP) is 4.01. The second-order valence-corrected chi connectivity index (χ2v) is 5.88. The Hall–Kier alpha value is -0.950. The van der Waals surface area contributed by atoms with Crippen molar-refractivity contribution in [2.45, 2.75) is 6.92 Å². The van der Waals surface area contributed by atoms with Crippen LogP contribution in [0, 0.1) is 10.5 Å². The maximum Gasteiger partial charge on any atom is 0.257 e. The van der Waals surface area contributed by atoms with E-state index in [1.54, 1.807) is 18.3 Å². The van der Waals surface area contributed by atoms with Crippen molar-refractivity contribution in [3.05, 3.63) is 55.7 Å². The number of rotatable bonds is 2. The number of aromatic nitrogens is 1. The lowest BCUT2D eigenvalue weighted by molar-refractivity contribution is 0.102. The minimum absolute atomic E-state index is 0.156. The quantitative estimate of drug-likeness (QED) is 0.751. The summed E-state index contributed by atoms with van der Waals surface area (Å²) in [5, 5.41) is 2.78. The van der Waals surface area contributed by atoms with Gasteiger partial charge in [0.2, 0.25) is 0 Å². The van der Waals surface area contributed by atoms with Crippen molar-refractivity contribution in [1.29, 1.82) is 0 Å². The monoisotopic (exact) mass is 416 g/mol. The van der Waals surface area contributed by atoms with Crippen molar-refractivity contribution >= 4 is 50.2 Å². The van der Waals surface area contributed by atoms with Gasteiger partial charge in [-0.1, -0.05) is 22.0 Å². The van der Waals surface area contributed by atoms with Crippen LogP contribution in [-0.2, 0) is 0 Å². The first-order valence-corrected chi connectivity index (χ1v) is 7.12.